The molecule has 0 aliphatic rings. The topological polar surface area (TPSA) is 56.5 Å². The molecule has 0 unspecified atom stereocenters. The third kappa shape index (κ3) is 3.13. The molecule has 0 atom stereocenters. The summed E-state index contributed by atoms with van der Waals surface area (Å²) in [5.41, 5.74) is 0. The number of hydrogen-bond donors (Lipinski definition) is 0. The molecule has 3 rings (SSSR count). The van der Waals surface area contributed by atoms with Crippen molar-refractivity contribution in [3.8, 4) is 10.7 Å². The van der Waals surface area contributed by atoms with Crippen LogP contribution in [-0.2, 0) is 6.54 Å². The van der Waals surface area contributed by atoms with Gasteiger partial charge in [0.25, 0.3) is 0 Å². The second kappa shape index (κ2) is 6.72. The van der Waals surface area contributed by atoms with Crippen LogP contribution in [0.4, 0.5) is 0 Å². The van der Waals surface area contributed by atoms with Crippen molar-refractivity contribution in [3.05, 3.63) is 36.0 Å². The zero-order chi connectivity index (χ0) is 15.5. The number of aromatic nitrogens is 5. The lowest BCUT2D eigenvalue weighted by Gasteiger charge is -2.04. The highest BCUT2D eigenvalue weighted by Gasteiger charge is 2.17. The van der Waals surface area contributed by atoms with Crippen molar-refractivity contribution in [2.75, 3.05) is 0 Å². The summed E-state index contributed by atoms with van der Waals surface area (Å²) in [6, 6.07) is 4.06. The molecule has 0 bridgehead atoms. The monoisotopic (exact) mass is 349 g/mol. The highest BCUT2D eigenvalue weighted by Crippen LogP contribution is 2.32. The Morgan fingerprint density at radius 3 is 2.91 bits per heavy atom. The fraction of sp³-hybridized carbons (Fsp3) is 0.286. The van der Waals surface area contributed by atoms with Crippen molar-refractivity contribution in [3.63, 3.8) is 0 Å². The second-order valence-electron chi connectivity index (χ2n) is 4.86. The van der Waals surface area contributed by atoms with Crippen LogP contribution in [0.2, 0.25) is 0 Å². The predicted molar refractivity (Wildman–Crippen MR) is 91.7 cm³/mol. The zero-order valence-electron chi connectivity index (χ0n) is 12.3. The molecule has 0 aromatic carbocycles. The van der Waals surface area contributed by atoms with Crippen molar-refractivity contribution >= 4 is 34.6 Å². The van der Waals surface area contributed by atoms with E-state index < -0.39 is 0 Å². The van der Waals surface area contributed by atoms with Gasteiger partial charge in [-0.25, -0.2) is 4.98 Å². The van der Waals surface area contributed by atoms with E-state index in [4.69, 9.17) is 0 Å². The van der Waals surface area contributed by atoms with Crippen LogP contribution in [0.5, 0.6) is 0 Å². The Bertz CT molecular complexity index is 757. The number of rotatable bonds is 6. The lowest BCUT2D eigenvalue weighted by Crippen LogP contribution is -1.99. The molecule has 0 aliphatic carbocycles. The summed E-state index contributed by atoms with van der Waals surface area (Å²) in [4.78, 5) is 5.64. The van der Waals surface area contributed by atoms with E-state index in [1.165, 1.54) is 23.3 Å². The molecule has 3 aromatic rings. The average molecular weight is 350 g/mol. The Morgan fingerprint density at radius 1 is 1.41 bits per heavy atom. The van der Waals surface area contributed by atoms with Gasteiger partial charge < -0.3 is 0 Å². The first kappa shape index (κ1) is 15.4. The molecule has 8 heteroatoms. The Kier molecular flexibility index (Phi) is 4.70. The minimum Gasteiger partial charge on any atom is -0.297 e. The molecule has 0 radical (unpaired) electrons. The van der Waals surface area contributed by atoms with E-state index in [1.54, 1.807) is 11.3 Å². The first-order chi connectivity index (χ1) is 10.7. The third-order valence-electron chi connectivity index (χ3n) is 2.89. The summed E-state index contributed by atoms with van der Waals surface area (Å²) >= 11 is 4.56. The third-order valence-corrected chi connectivity index (χ3v) is 5.50. The number of thiophene rings is 1. The number of allylic oxidation sites excluding steroid dienone is 1. The van der Waals surface area contributed by atoms with Crippen LogP contribution >= 0.6 is 34.6 Å². The van der Waals surface area contributed by atoms with Gasteiger partial charge in [0, 0.05) is 12.5 Å². The van der Waals surface area contributed by atoms with E-state index in [9.17, 15) is 0 Å². The van der Waals surface area contributed by atoms with Gasteiger partial charge >= 0.3 is 0 Å². The van der Waals surface area contributed by atoms with E-state index >= 15 is 0 Å². The van der Waals surface area contributed by atoms with E-state index in [2.05, 4.69) is 44.5 Å². The molecule has 0 N–H and O–H groups in total. The van der Waals surface area contributed by atoms with Crippen LogP contribution < -0.4 is 0 Å². The lowest BCUT2D eigenvalue weighted by atomic mass is 10.2. The molecule has 114 valence electrons. The summed E-state index contributed by atoms with van der Waals surface area (Å²) in [6.45, 7) is 8.67. The van der Waals surface area contributed by atoms with Crippen LogP contribution in [0.15, 0.2) is 39.7 Å². The van der Waals surface area contributed by atoms with Gasteiger partial charge in [0.1, 0.15) is 5.82 Å². The summed E-state index contributed by atoms with van der Waals surface area (Å²) in [6.07, 6.45) is 1.85. The summed E-state index contributed by atoms with van der Waals surface area (Å²) in [5, 5.41) is 11.5. The maximum atomic E-state index is 4.54. The smallest absolute Gasteiger partial charge is 0.198 e. The highest BCUT2D eigenvalue weighted by molar-refractivity contribution is 8.00. The van der Waals surface area contributed by atoms with Crippen LogP contribution in [0.1, 0.15) is 25.6 Å². The molecule has 3 heterocycles. The maximum absolute atomic E-state index is 4.54. The van der Waals surface area contributed by atoms with E-state index in [-0.39, 0.29) is 0 Å². The number of hydrogen-bond acceptors (Lipinski definition) is 7. The van der Waals surface area contributed by atoms with Crippen LogP contribution in [0.3, 0.4) is 0 Å². The Labute approximate surface area is 141 Å². The molecule has 0 spiro atoms. The normalized spacial score (nSPS) is 11.2. The van der Waals surface area contributed by atoms with Gasteiger partial charge in [-0.1, -0.05) is 26.0 Å². The van der Waals surface area contributed by atoms with Crippen molar-refractivity contribution < 1.29 is 0 Å². The number of nitrogens with zero attached hydrogens (tertiary/aromatic N) is 5. The Hall–Kier alpha value is -1.51. The standard InChI is InChI=1S/C14H15N5S3/c1-4-7-19-12(10-6-5-8-20-10)16-17-13(19)21-14-15-11(9(2)3)18-22-14/h4-6,8-9H,1,7H2,2-3H3. The van der Waals surface area contributed by atoms with E-state index in [0.29, 0.717) is 12.5 Å². The van der Waals surface area contributed by atoms with Crippen molar-refractivity contribution in [2.24, 2.45) is 0 Å². The van der Waals surface area contributed by atoms with Crippen molar-refractivity contribution in [2.45, 2.75) is 35.8 Å². The van der Waals surface area contributed by atoms with Gasteiger partial charge in [0.05, 0.1) is 4.88 Å². The molecule has 0 saturated heterocycles. The first-order valence-electron chi connectivity index (χ1n) is 6.78. The van der Waals surface area contributed by atoms with E-state index in [0.717, 1.165) is 26.0 Å². The summed E-state index contributed by atoms with van der Waals surface area (Å²) < 4.78 is 7.32. The Morgan fingerprint density at radius 2 is 2.27 bits per heavy atom. The molecular formula is C14H15N5S3. The minimum absolute atomic E-state index is 0.332. The van der Waals surface area contributed by atoms with E-state index in [1.807, 2.05) is 23.6 Å². The van der Waals surface area contributed by atoms with Crippen LogP contribution in [-0.4, -0.2) is 24.1 Å². The molecular weight excluding hydrogens is 334 g/mol. The fourth-order valence-corrected chi connectivity index (χ4v) is 4.23. The quantitative estimate of drug-likeness (QED) is 0.620. The minimum atomic E-state index is 0.332. The molecule has 0 aliphatic heterocycles. The molecule has 0 amide bonds. The molecule has 0 saturated carbocycles. The van der Waals surface area contributed by atoms with Gasteiger partial charge in [-0.2, -0.15) is 4.37 Å². The largest absolute Gasteiger partial charge is 0.297 e. The maximum Gasteiger partial charge on any atom is 0.198 e. The SMILES string of the molecule is C=CCn1c(Sc2nc(C(C)C)ns2)nnc1-c1cccs1. The lowest BCUT2D eigenvalue weighted by molar-refractivity contribution is 0.731. The molecule has 5 nitrogen and oxygen atoms in total. The zero-order valence-corrected chi connectivity index (χ0v) is 14.7. The molecule has 22 heavy (non-hydrogen) atoms. The van der Waals surface area contributed by atoms with Gasteiger partial charge in [0.15, 0.2) is 15.3 Å². The average Bonchev–Trinajstić information content (AvgIpc) is 3.21. The second-order valence-corrected chi connectivity index (χ2v) is 7.77. The predicted octanol–water partition coefficient (Wildman–Crippen LogP) is 4.32. The summed E-state index contributed by atoms with van der Waals surface area (Å²) in [5.74, 6) is 2.07. The van der Waals surface area contributed by atoms with Gasteiger partial charge in [-0.05, 0) is 34.7 Å². The van der Waals surface area contributed by atoms with Gasteiger partial charge in [-0.3, -0.25) is 4.57 Å². The first-order valence-corrected chi connectivity index (χ1v) is 9.25. The fourth-order valence-electron chi connectivity index (χ4n) is 1.82. The van der Waals surface area contributed by atoms with Crippen LogP contribution in [0.25, 0.3) is 10.7 Å². The summed E-state index contributed by atoms with van der Waals surface area (Å²) in [7, 11) is 0. The molecule has 0 fully saturated rings. The van der Waals surface area contributed by atoms with Crippen molar-refractivity contribution in [1.29, 1.82) is 0 Å². The Balaban J connectivity index is 1.91. The molecule has 3 aromatic heterocycles. The van der Waals surface area contributed by atoms with Crippen molar-refractivity contribution in [1.82, 2.24) is 24.1 Å². The van der Waals surface area contributed by atoms with Gasteiger partial charge in [-0.15, -0.1) is 28.1 Å². The van der Waals surface area contributed by atoms with Crippen LogP contribution in [0, 0.1) is 0 Å². The highest BCUT2D eigenvalue weighted by atomic mass is 32.2. The van der Waals surface area contributed by atoms with Gasteiger partial charge in [0.2, 0.25) is 0 Å².